The summed E-state index contributed by atoms with van der Waals surface area (Å²) in [6.07, 6.45) is 3.68. The second-order valence-corrected chi connectivity index (χ2v) is 3.52. The number of allylic oxidation sites excluding steroid dienone is 1. The van der Waals surface area contributed by atoms with E-state index in [-0.39, 0.29) is 0 Å². The van der Waals surface area contributed by atoms with E-state index < -0.39 is 0 Å². The van der Waals surface area contributed by atoms with Gasteiger partial charge in [-0.1, -0.05) is 25.1 Å². The molecule has 2 nitrogen and oxygen atoms in total. The van der Waals surface area contributed by atoms with Crippen LogP contribution in [0.15, 0.2) is 30.9 Å². The number of hydrogen-bond acceptors (Lipinski definition) is 2. The van der Waals surface area contributed by atoms with Crippen molar-refractivity contribution in [3.05, 3.63) is 36.4 Å². The Hall–Kier alpha value is -1.44. The van der Waals surface area contributed by atoms with Crippen molar-refractivity contribution in [3.63, 3.8) is 0 Å². The van der Waals surface area contributed by atoms with Gasteiger partial charge in [-0.15, -0.1) is 6.58 Å². The fourth-order valence-corrected chi connectivity index (χ4v) is 1.51. The van der Waals surface area contributed by atoms with Gasteiger partial charge in [0.1, 0.15) is 0 Å². The van der Waals surface area contributed by atoms with Crippen LogP contribution in [0.2, 0.25) is 0 Å². The Kier molecular flexibility index (Phi) is 5.48. The lowest BCUT2D eigenvalue weighted by Gasteiger charge is -2.14. The molecule has 1 aromatic rings. The predicted octanol–water partition coefficient (Wildman–Crippen LogP) is 3.60. The third-order valence-electron chi connectivity index (χ3n) is 2.18. The first-order valence-corrected chi connectivity index (χ1v) is 5.81. The highest BCUT2D eigenvalue weighted by molar-refractivity contribution is 5.47. The third kappa shape index (κ3) is 3.30. The van der Waals surface area contributed by atoms with Crippen LogP contribution < -0.4 is 9.47 Å². The number of ether oxygens (including phenoxy) is 2. The normalized spacial score (nSPS) is 9.88. The lowest BCUT2D eigenvalue weighted by molar-refractivity contribution is 0.275. The van der Waals surface area contributed by atoms with Gasteiger partial charge in [-0.05, 0) is 25.8 Å². The molecule has 0 aliphatic rings. The maximum Gasteiger partial charge on any atom is 0.164 e. The van der Waals surface area contributed by atoms with Crippen molar-refractivity contribution in [2.75, 3.05) is 13.2 Å². The Balaban J connectivity index is 2.96. The molecule has 0 atom stereocenters. The first kappa shape index (κ1) is 12.6. The lowest BCUT2D eigenvalue weighted by atomic mass is 10.1. The SMILES string of the molecule is C=CCc1cccc(OCC)c1OCCC. The van der Waals surface area contributed by atoms with Crippen molar-refractivity contribution < 1.29 is 9.47 Å². The fourth-order valence-electron chi connectivity index (χ4n) is 1.51. The van der Waals surface area contributed by atoms with E-state index in [0.29, 0.717) is 13.2 Å². The summed E-state index contributed by atoms with van der Waals surface area (Å²) >= 11 is 0. The van der Waals surface area contributed by atoms with Crippen LogP contribution >= 0.6 is 0 Å². The van der Waals surface area contributed by atoms with Crippen molar-refractivity contribution in [3.8, 4) is 11.5 Å². The maximum absolute atomic E-state index is 5.75. The molecular formula is C14H20O2. The number of para-hydroxylation sites is 1. The molecule has 1 aromatic carbocycles. The van der Waals surface area contributed by atoms with Crippen LogP contribution in [0.3, 0.4) is 0 Å². The topological polar surface area (TPSA) is 18.5 Å². The number of hydrogen-bond donors (Lipinski definition) is 0. The Labute approximate surface area is 97.9 Å². The quantitative estimate of drug-likeness (QED) is 0.654. The Morgan fingerprint density at radius 3 is 2.69 bits per heavy atom. The average molecular weight is 220 g/mol. The molecule has 0 heterocycles. The van der Waals surface area contributed by atoms with Gasteiger partial charge in [0.15, 0.2) is 11.5 Å². The van der Waals surface area contributed by atoms with Crippen LogP contribution in [0.4, 0.5) is 0 Å². The van der Waals surface area contributed by atoms with Gasteiger partial charge in [-0.25, -0.2) is 0 Å². The minimum absolute atomic E-state index is 0.653. The van der Waals surface area contributed by atoms with Crippen LogP contribution in [-0.4, -0.2) is 13.2 Å². The van der Waals surface area contributed by atoms with E-state index in [4.69, 9.17) is 9.47 Å². The van der Waals surface area contributed by atoms with E-state index in [2.05, 4.69) is 19.6 Å². The largest absolute Gasteiger partial charge is 0.490 e. The van der Waals surface area contributed by atoms with E-state index in [1.54, 1.807) is 0 Å². The lowest BCUT2D eigenvalue weighted by Crippen LogP contribution is -2.02. The highest BCUT2D eigenvalue weighted by Gasteiger charge is 2.09. The Morgan fingerprint density at radius 2 is 2.06 bits per heavy atom. The second kappa shape index (κ2) is 6.94. The Bertz CT molecular complexity index is 332. The predicted molar refractivity (Wildman–Crippen MR) is 67.3 cm³/mol. The highest BCUT2D eigenvalue weighted by atomic mass is 16.5. The molecule has 0 N–H and O–H groups in total. The van der Waals surface area contributed by atoms with Crippen molar-refractivity contribution >= 4 is 0 Å². The Morgan fingerprint density at radius 1 is 1.25 bits per heavy atom. The molecule has 88 valence electrons. The molecule has 0 amide bonds. The first-order chi connectivity index (χ1) is 7.83. The summed E-state index contributed by atoms with van der Waals surface area (Å²) in [6.45, 7) is 9.20. The van der Waals surface area contributed by atoms with E-state index in [0.717, 1.165) is 29.9 Å². The number of benzene rings is 1. The second-order valence-electron chi connectivity index (χ2n) is 3.52. The van der Waals surface area contributed by atoms with Gasteiger partial charge >= 0.3 is 0 Å². The number of rotatable bonds is 7. The molecule has 0 aromatic heterocycles. The molecular weight excluding hydrogens is 200 g/mol. The van der Waals surface area contributed by atoms with Crippen LogP contribution in [0.5, 0.6) is 11.5 Å². The van der Waals surface area contributed by atoms with Crippen molar-refractivity contribution in [1.29, 1.82) is 0 Å². The molecule has 0 unspecified atom stereocenters. The van der Waals surface area contributed by atoms with Crippen LogP contribution in [0.1, 0.15) is 25.8 Å². The molecule has 0 radical (unpaired) electrons. The van der Waals surface area contributed by atoms with Gasteiger partial charge in [0, 0.05) is 5.56 Å². The van der Waals surface area contributed by atoms with Crippen molar-refractivity contribution in [2.45, 2.75) is 26.7 Å². The van der Waals surface area contributed by atoms with E-state index in [9.17, 15) is 0 Å². The molecule has 1 rings (SSSR count). The van der Waals surface area contributed by atoms with Crippen molar-refractivity contribution in [2.24, 2.45) is 0 Å². The molecule has 0 saturated heterocycles. The summed E-state index contributed by atoms with van der Waals surface area (Å²) in [7, 11) is 0. The van der Waals surface area contributed by atoms with Crippen LogP contribution in [0, 0.1) is 0 Å². The maximum atomic E-state index is 5.75. The molecule has 0 spiro atoms. The van der Waals surface area contributed by atoms with Gasteiger partial charge in [0.25, 0.3) is 0 Å². The summed E-state index contributed by atoms with van der Waals surface area (Å²) < 4.78 is 11.3. The summed E-state index contributed by atoms with van der Waals surface area (Å²) in [4.78, 5) is 0. The monoisotopic (exact) mass is 220 g/mol. The average Bonchev–Trinajstić information content (AvgIpc) is 2.29. The summed E-state index contributed by atoms with van der Waals surface area (Å²) in [6, 6.07) is 5.99. The summed E-state index contributed by atoms with van der Waals surface area (Å²) in [5.41, 5.74) is 1.13. The molecule has 0 bridgehead atoms. The van der Waals surface area contributed by atoms with Crippen LogP contribution in [0.25, 0.3) is 0 Å². The van der Waals surface area contributed by atoms with Gasteiger partial charge in [-0.2, -0.15) is 0 Å². The van der Waals surface area contributed by atoms with E-state index in [1.807, 2.05) is 25.1 Å². The smallest absolute Gasteiger partial charge is 0.164 e. The third-order valence-corrected chi connectivity index (χ3v) is 2.18. The minimum atomic E-state index is 0.653. The fraction of sp³-hybridized carbons (Fsp3) is 0.429. The van der Waals surface area contributed by atoms with Gasteiger partial charge in [0.05, 0.1) is 13.2 Å². The van der Waals surface area contributed by atoms with Crippen LogP contribution in [-0.2, 0) is 6.42 Å². The molecule has 0 aliphatic heterocycles. The van der Waals surface area contributed by atoms with Gasteiger partial charge in [0.2, 0.25) is 0 Å². The minimum Gasteiger partial charge on any atom is -0.490 e. The molecule has 0 fully saturated rings. The zero-order valence-electron chi connectivity index (χ0n) is 10.2. The van der Waals surface area contributed by atoms with Crippen molar-refractivity contribution in [1.82, 2.24) is 0 Å². The molecule has 2 heteroatoms. The van der Waals surface area contributed by atoms with E-state index in [1.165, 1.54) is 0 Å². The molecule has 0 saturated carbocycles. The van der Waals surface area contributed by atoms with Gasteiger partial charge < -0.3 is 9.47 Å². The molecule has 16 heavy (non-hydrogen) atoms. The first-order valence-electron chi connectivity index (χ1n) is 5.81. The zero-order chi connectivity index (χ0) is 11.8. The molecule has 0 aliphatic carbocycles. The van der Waals surface area contributed by atoms with E-state index >= 15 is 0 Å². The standard InChI is InChI=1S/C14H20O2/c1-4-8-12-9-7-10-13(15-6-3)14(12)16-11-5-2/h4,7,9-10H,1,5-6,8,11H2,2-3H3. The summed E-state index contributed by atoms with van der Waals surface area (Å²) in [5, 5.41) is 0. The van der Waals surface area contributed by atoms with Gasteiger partial charge in [-0.3, -0.25) is 0 Å². The highest BCUT2D eigenvalue weighted by Crippen LogP contribution is 2.32. The zero-order valence-corrected chi connectivity index (χ0v) is 10.2. The summed E-state index contributed by atoms with van der Waals surface area (Å²) in [5.74, 6) is 1.70.